The Kier molecular flexibility index (Phi) is 6.79. The van der Waals surface area contributed by atoms with Crippen LogP contribution in [0.15, 0.2) is 78.3 Å². The summed E-state index contributed by atoms with van der Waals surface area (Å²) in [5, 5.41) is 6.87. The third-order valence-corrected chi connectivity index (χ3v) is 8.40. The summed E-state index contributed by atoms with van der Waals surface area (Å²) in [5.74, 6) is 0.969. The van der Waals surface area contributed by atoms with Gasteiger partial charge in [-0.05, 0) is 66.1 Å². The predicted octanol–water partition coefficient (Wildman–Crippen LogP) is 5.24. The van der Waals surface area contributed by atoms with E-state index in [0.717, 1.165) is 29.8 Å². The van der Waals surface area contributed by atoms with E-state index < -0.39 is 17.4 Å². The van der Waals surface area contributed by atoms with Crippen LogP contribution < -0.4 is 16.4 Å². The number of nitrogens with one attached hydrogen (secondary N) is 2. The van der Waals surface area contributed by atoms with Crippen molar-refractivity contribution in [1.29, 1.82) is 0 Å². The van der Waals surface area contributed by atoms with Crippen LogP contribution >= 0.6 is 11.6 Å². The maximum absolute atomic E-state index is 15.1. The summed E-state index contributed by atoms with van der Waals surface area (Å²) in [7, 11) is 1.65. The van der Waals surface area contributed by atoms with E-state index in [0.29, 0.717) is 30.2 Å². The second-order valence-corrected chi connectivity index (χ2v) is 11.0. The molecule has 2 aromatic carbocycles. The molecule has 39 heavy (non-hydrogen) atoms. The number of halogens is 2. The van der Waals surface area contributed by atoms with Crippen molar-refractivity contribution in [3.8, 4) is 0 Å². The number of hydrogen-bond acceptors (Lipinski definition) is 6. The van der Waals surface area contributed by atoms with E-state index in [1.165, 1.54) is 11.6 Å². The smallest absolute Gasteiger partial charge is 0.247 e. The molecule has 3 aliphatic rings. The largest absolute Gasteiger partial charge is 0.380 e. The standard InChI is InChI=1S/C30H31ClFN5O2/c1-39-22-15-26-29(38)35-25-14-20(7-9-24(25)32)30(33,19-5-3-2-4-6-19)12-11-18-13-23(18)28(37(26)17-22)36-27-10-8-21(31)16-34-27/h2-10,14,16,18,22,26H,11-13,15,17,33H2,1H3,(H,34,36)(H,35,38)/b28-23-/t18?,22-,26-,30?/m1/s1. The number of nitrogens with zero attached hydrogens (tertiary/aromatic N) is 2. The summed E-state index contributed by atoms with van der Waals surface area (Å²) in [6, 6.07) is 17.7. The lowest BCUT2D eigenvalue weighted by molar-refractivity contribution is -0.119. The van der Waals surface area contributed by atoms with Crippen LogP contribution in [0.5, 0.6) is 0 Å². The first-order valence-corrected chi connectivity index (χ1v) is 13.6. The van der Waals surface area contributed by atoms with Crippen molar-refractivity contribution in [2.45, 2.75) is 43.4 Å². The Morgan fingerprint density at radius 3 is 2.74 bits per heavy atom. The lowest BCUT2D eigenvalue weighted by Gasteiger charge is -2.31. The highest BCUT2D eigenvalue weighted by atomic mass is 35.5. The Morgan fingerprint density at radius 1 is 1.18 bits per heavy atom. The number of anilines is 2. The van der Waals surface area contributed by atoms with Gasteiger partial charge in [0, 0.05) is 26.3 Å². The highest BCUT2D eigenvalue weighted by Gasteiger charge is 2.44. The minimum Gasteiger partial charge on any atom is -0.380 e. The maximum atomic E-state index is 15.1. The maximum Gasteiger partial charge on any atom is 0.247 e. The van der Waals surface area contributed by atoms with Crippen LogP contribution in [-0.2, 0) is 15.1 Å². The van der Waals surface area contributed by atoms with Gasteiger partial charge in [-0.25, -0.2) is 9.37 Å². The molecule has 0 spiro atoms. The third kappa shape index (κ3) is 5.00. The van der Waals surface area contributed by atoms with E-state index in [1.807, 2.05) is 41.3 Å². The van der Waals surface area contributed by atoms with Gasteiger partial charge >= 0.3 is 0 Å². The molecule has 202 valence electrons. The van der Waals surface area contributed by atoms with Gasteiger partial charge in [0.2, 0.25) is 5.91 Å². The molecule has 7 nitrogen and oxygen atoms in total. The number of aromatic nitrogens is 1. The zero-order valence-corrected chi connectivity index (χ0v) is 22.4. The average molecular weight is 548 g/mol. The van der Waals surface area contributed by atoms with E-state index in [2.05, 4.69) is 15.6 Å². The molecule has 2 fully saturated rings. The Hall–Kier alpha value is -3.46. The quantitative estimate of drug-likeness (QED) is 0.413. The van der Waals surface area contributed by atoms with E-state index in [-0.39, 0.29) is 23.6 Å². The van der Waals surface area contributed by atoms with E-state index >= 15 is 4.39 Å². The first-order valence-electron chi connectivity index (χ1n) is 13.2. The zero-order valence-electron chi connectivity index (χ0n) is 21.7. The summed E-state index contributed by atoms with van der Waals surface area (Å²) in [5.41, 5.74) is 9.35. The normalized spacial score (nSPS) is 28.4. The molecule has 1 aliphatic carbocycles. The van der Waals surface area contributed by atoms with Crippen LogP contribution in [0.2, 0.25) is 5.02 Å². The molecule has 2 bridgehead atoms. The topological polar surface area (TPSA) is 92.5 Å². The molecule has 2 unspecified atom stereocenters. The number of allylic oxidation sites excluding steroid dienone is 1. The minimum atomic E-state index is -0.848. The van der Waals surface area contributed by atoms with E-state index in [4.69, 9.17) is 22.1 Å². The van der Waals surface area contributed by atoms with Gasteiger partial charge in [0.1, 0.15) is 23.5 Å². The van der Waals surface area contributed by atoms with Gasteiger partial charge in [-0.1, -0.05) is 48.0 Å². The lowest BCUT2D eigenvalue weighted by atomic mass is 9.79. The molecule has 2 aliphatic heterocycles. The van der Waals surface area contributed by atoms with Crippen molar-refractivity contribution >= 4 is 29.0 Å². The van der Waals surface area contributed by atoms with Crippen molar-refractivity contribution in [2.75, 3.05) is 24.3 Å². The molecule has 3 aromatic rings. The predicted molar refractivity (Wildman–Crippen MR) is 150 cm³/mol. The fourth-order valence-electron chi connectivity index (χ4n) is 5.85. The molecule has 3 heterocycles. The molecule has 6 rings (SSSR count). The van der Waals surface area contributed by atoms with Gasteiger partial charge in [-0.15, -0.1) is 0 Å². The van der Waals surface area contributed by atoms with Gasteiger partial charge in [-0.2, -0.15) is 0 Å². The number of methoxy groups -OCH3 is 1. The number of nitrogens with two attached hydrogens (primary N) is 1. The van der Waals surface area contributed by atoms with Gasteiger partial charge < -0.3 is 26.0 Å². The van der Waals surface area contributed by atoms with Crippen LogP contribution in [0.3, 0.4) is 0 Å². The number of benzene rings is 2. The number of carbonyl (C=O) groups is 1. The molecular weight excluding hydrogens is 517 g/mol. The molecule has 1 saturated carbocycles. The molecule has 1 saturated heterocycles. The third-order valence-electron chi connectivity index (χ3n) is 8.18. The Bertz CT molecular complexity index is 1420. The Morgan fingerprint density at radius 2 is 2.00 bits per heavy atom. The molecule has 4 N–H and O–H groups in total. The van der Waals surface area contributed by atoms with Crippen molar-refractivity contribution in [1.82, 2.24) is 9.88 Å². The summed E-state index contributed by atoms with van der Waals surface area (Å²) in [6.07, 6.45) is 4.29. The van der Waals surface area contributed by atoms with Crippen LogP contribution in [-0.4, -0.2) is 41.6 Å². The van der Waals surface area contributed by atoms with E-state index in [9.17, 15) is 4.79 Å². The summed E-state index contributed by atoms with van der Waals surface area (Å²) < 4.78 is 20.7. The van der Waals surface area contributed by atoms with Gasteiger partial charge in [-0.3, -0.25) is 4.79 Å². The SMILES string of the molecule is CO[C@@H]1C[C@@H]2C(=O)Nc3cc(ccc3F)C(N)(c3ccccc3)CCC3C/C3=C(\Nc3ccc(Cl)cn3)N2C1. The van der Waals surface area contributed by atoms with Crippen LogP contribution in [0.4, 0.5) is 15.9 Å². The lowest BCUT2D eigenvalue weighted by Crippen LogP contribution is -2.41. The van der Waals surface area contributed by atoms with Crippen LogP contribution in [0.1, 0.15) is 36.8 Å². The molecule has 0 radical (unpaired) electrons. The first kappa shape index (κ1) is 25.8. The molecule has 4 atom stereocenters. The number of hydrogen-bond donors (Lipinski definition) is 3. The number of carbonyl (C=O) groups excluding carboxylic acids is 1. The van der Waals surface area contributed by atoms with Crippen molar-refractivity contribution < 1.29 is 13.9 Å². The van der Waals surface area contributed by atoms with Gasteiger partial charge in [0.05, 0.1) is 22.4 Å². The van der Waals surface area contributed by atoms with Gasteiger partial charge in [0.15, 0.2) is 0 Å². The number of ether oxygens (including phenoxy) is 1. The number of amides is 1. The molecule has 1 amide bonds. The second-order valence-electron chi connectivity index (χ2n) is 10.6. The highest BCUT2D eigenvalue weighted by molar-refractivity contribution is 6.30. The number of pyridine rings is 1. The number of rotatable bonds is 4. The highest BCUT2D eigenvalue weighted by Crippen LogP contribution is 2.48. The van der Waals surface area contributed by atoms with Crippen LogP contribution in [0, 0.1) is 11.7 Å². The number of fused-ring (bicyclic) bond motifs is 4. The van der Waals surface area contributed by atoms with Gasteiger partial charge in [0.25, 0.3) is 0 Å². The first-order chi connectivity index (χ1) is 18.9. The van der Waals surface area contributed by atoms with Crippen molar-refractivity contribution in [3.05, 3.63) is 100 Å². The van der Waals surface area contributed by atoms with Crippen LogP contribution in [0.25, 0.3) is 0 Å². The average Bonchev–Trinajstić information content (AvgIpc) is 3.59. The monoisotopic (exact) mass is 547 g/mol. The molecule has 1 aromatic heterocycles. The van der Waals surface area contributed by atoms with Crippen molar-refractivity contribution in [2.24, 2.45) is 11.7 Å². The summed E-state index contributed by atoms with van der Waals surface area (Å²) in [6.45, 7) is 0.522. The molecule has 9 heteroatoms. The van der Waals surface area contributed by atoms with E-state index in [1.54, 1.807) is 31.5 Å². The minimum absolute atomic E-state index is 0.120. The zero-order chi connectivity index (χ0) is 27.1. The fourth-order valence-corrected chi connectivity index (χ4v) is 5.96. The summed E-state index contributed by atoms with van der Waals surface area (Å²) in [4.78, 5) is 20.2. The second kappa shape index (κ2) is 10.3. The Balaban J connectivity index is 1.44. The van der Waals surface area contributed by atoms with Crippen molar-refractivity contribution in [3.63, 3.8) is 0 Å². The Labute approximate surface area is 232 Å². The summed E-state index contributed by atoms with van der Waals surface area (Å²) >= 11 is 6.07. The fraction of sp³-hybridized carbons (Fsp3) is 0.333. The molecular formula is C30H31ClFN5O2.